The van der Waals surface area contributed by atoms with E-state index < -0.39 is 8.32 Å². The van der Waals surface area contributed by atoms with Crippen LogP contribution in [-0.4, -0.2) is 116 Å². The van der Waals surface area contributed by atoms with Crippen LogP contribution < -0.4 is 0 Å². The second-order valence-corrected chi connectivity index (χ2v) is 13.3. The fourth-order valence-corrected chi connectivity index (χ4v) is 8.89. The van der Waals surface area contributed by atoms with Gasteiger partial charge >= 0.3 is 0 Å². The van der Waals surface area contributed by atoms with E-state index in [4.69, 9.17) is 4.43 Å². The zero-order valence-corrected chi connectivity index (χ0v) is 18.9. The third-order valence-electron chi connectivity index (χ3n) is 5.30. The average molecular weight is 371 g/mol. The Kier molecular flexibility index (Phi) is 8.12. The first-order valence-electron chi connectivity index (χ1n) is 9.58. The molecule has 2 aliphatic rings. The van der Waals surface area contributed by atoms with Crippen molar-refractivity contribution in [2.45, 2.75) is 25.8 Å². The molecule has 0 aromatic heterocycles. The minimum Gasteiger partial charge on any atom is -0.414 e. The average Bonchev–Trinajstić information content (AvgIpc) is 2.54. The maximum Gasteiger partial charge on any atom is 0.210 e. The minimum absolute atomic E-state index is 0.306. The summed E-state index contributed by atoms with van der Waals surface area (Å²) in [6.45, 7) is 17.3. The van der Waals surface area contributed by atoms with Gasteiger partial charge in [0.25, 0.3) is 0 Å². The van der Waals surface area contributed by atoms with Crippen molar-refractivity contribution in [2.24, 2.45) is 0 Å². The smallest absolute Gasteiger partial charge is 0.210 e. The Hall–Kier alpha value is -0.0262. The van der Waals surface area contributed by atoms with Gasteiger partial charge in [0.1, 0.15) is 0 Å². The summed E-state index contributed by atoms with van der Waals surface area (Å²) in [6, 6.07) is 0. The summed E-state index contributed by atoms with van der Waals surface area (Å²) >= 11 is 0. The molecular weight excluding hydrogens is 332 g/mol. The first-order chi connectivity index (χ1) is 11.4. The third kappa shape index (κ3) is 6.36. The normalized spacial score (nSPS) is 24.1. The Morgan fingerprint density at radius 1 is 0.917 bits per heavy atom. The summed E-state index contributed by atoms with van der Waals surface area (Å²) in [5.41, 5.74) is 4.99. The van der Waals surface area contributed by atoms with Crippen molar-refractivity contribution in [2.75, 3.05) is 73.1 Å². The number of hydrogen-bond acceptors (Lipinski definition) is 5. The van der Waals surface area contributed by atoms with Crippen LogP contribution in [0.25, 0.3) is 0 Å². The molecule has 0 radical (unpaired) electrons. The van der Waals surface area contributed by atoms with E-state index in [1.807, 2.05) is 0 Å². The zero-order chi connectivity index (χ0) is 17.6. The fourth-order valence-electron chi connectivity index (χ4n) is 3.66. The van der Waals surface area contributed by atoms with E-state index in [2.05, 4.69) is 65.1 Å². The maximum absolute atomic E-state index is 5.96. The molecule has 140 valence electrons. The largest absolute Gasteiger partial charge is 0.414 e. The Labute approximate surface area is 152 Å². The summed E-state index contributed by atoms with van der Waals surface area (Å²) in [7, 11) is 2.60. The van der Waals surface area contributed by atoms with Crippen molar-refractivity contribution in [3.63, 3.8) is 0 Å². The van der Waals surface area contributed by atoms with Crippen LogP contribution in [0.1, 0.15) is 6.92 Å². The molecule has 0 aromatic carbocycles. The van der Waals surface area contributed by atoms with Gasteiger partial charge in [0.15, 0.2) is 0 Å². The van der Waals surface area contributed by atoms with Gasteiger partial charge in [-0.25, -0.2) is 0 Å². The van der Waals surface area contributed by atoms with Crippen molar-refractivity contribution in [1.29, 1.82) is 0 Å². The van der Waals surface area contributed by atoms with Crippen LogP contribution in [-0.2, 0) is 4.43 Å². The second-order valence-electron chi connectivity index (χ2n) is 7.83. The molecule has 0 spiro atoms. The van der Waals surface area contributed by atoms with E-state index in [0.717, 1.165) is 6.61 Å². The van der Waals surface area contributed by atoms with E-state index in [-0.39, 0.29) is 9.52 Å². The molecule has 0 unspecified atom stereocenters. The Bertz CT molecular complexity index is 370. The first kappa shape index (κ1) is 20.3. The Morgan fingerprint density at radius 3 is 1.79 bits per heavy atom. The van der Waals surface area contributed by atoms with Crippen molar-refractivity contribution in [3.05, 3.63) is 11.4 Å². The fraction of sp³-hybridized carbons (Fsp3) is 0.882. The van der Waals surface area contributed by atoms with Crippen molar-refractivity contribution < 1.29 is 4.43 Å². The molecule has 0 saturated carbocycles. The van der Waals surface area contributed by atoms with Gasteiger partial charge in [-0.2, -0.15) is 0 Å². The van der Waals surface area contributed by atoms with Crippen LogP contribution in [0.3, 0.4) is 0 Å². The minimum atomic E-state index is -1.59. The predicted octanol–water partition coefficient (Wildman–Crippen LogP) is 0.228. The highest BCUT2D eigenvalue weighted by Gasteiger charge is 2.29. The highest BCUT2D eigenvalue weighted by atomic mass is 28.4. The van der Waals surface area contributed by atoms with Crippen molar-refractivity contribution in [1.82, 2.24) is 19.6 Å². The Morgan fingerprint density at radius 2 is 1.38 bits per heavy atom. The van der Waals surface area contributed by atoms with E-state index in [1.165, 1.54) is 52.4 Å². The van der Waals surface area contributed by atoms with E-state index in [0.29, 0.717) is 5.79 Å². The lowest BCUT2D eigenvalue weighted by molar-refractivity contribution is 0.0318. The SMILES string of the molecule is CCO[Si](C)(C)C=C[SiH2]C(N1CCN(C)CC1)N1CCN(C)CC1. The maximum atomic E-state index is 5.96. The van der Waals surface area contributed by atoms with Gasteiger partial charge in [-0.15, -0.1) is 5.70 Å². The van der Waals surface area contributed by atoms with Crippen LogP contribution in [0, 0.1) is 0 Å². The van der Waals surface area contributed by atoms with Gasteiger partial charge in [0.05, 0.1) is 9.52 Å². The standard InChI is InChI=1S/C17H38N4OSi2/c1-6-22-24(4,5)16-15-23-17(20-11-7-18(2)8-12-20)21-13-9-19(3)10-14-21/h15-17H,6-14,23H2,1-5H3. The molecule has 0 aliphatic carbocycles. The molecule has 0 N–H and O–H groups in total. The second kappa shape index (κ2) is 9.61. The molecule has 2 fully saturated rings. The molecule has 5 nitrogen and oxygen atoms in total. The van der Waals surface area contributed by atoms with Crippen LogP contribution >= 0.6 is 0 Å². The number of piperazine rings is 2. The first-order valence-corrected chi connectivity index (χ1v) is 14.2. The molecule has 2 saturated heterocycles. The van der Waals surface area contributed by atoms with Gasteiger partial charge in [-0.3, -0.25) is 9.80 Å². The van der Waals surface area contributed by atoms with Crippen LogP contribution in [0.5, 0.6) is 0 Å². The van der Waals surface area contributed by atoms with Gasteiger partial charge in [0.2, 0.25) is 8.32 Å². The predicted molar refractivity (Wildman–Crippen MR) is 109 cm³/mol. The lowest BCUT2D eigenvalue weighted by atomic mass is 10.3. The summed E-state index contributed by atoms with van der Waals surface area (Å²) in [4.78, 5) is 10.4. The third-order valence-corrected chi connectivity index (χ3v) is 9.81. The lowest BCUT2D eigenvalue weighted by Crippen LogP contribution is -2.61. The molecule has 0 aromatic rings. The number of hydrogen-bond donors (Lipinski definition) is 0. The van der Waals surface area contributed by atoms with Crippen LogP contribution in [0.4, 0.5) is 0 Å². The van der Waals surface area contributed by atoms with Crippen molar-refractivity contribution >= 4 is 17.8 Å². The highest BCUT2D eigenvalue weighted by molar-refractivity contribution is 6.77. The van der Waals surface area contributed by atoms with E-state index >= 15 is 0 Å². The monoisotopic (exact) mass is 370 g/mol. The molecule has 2 rings (SSSR count). The van der Waals surface area contributed by atoms with Gasteiger partial charge in [0, 0.05) is 64.8 Å². The lowest BCUT2D eigenvalue weighted by Gasteiger charge is -2.45. The molecule has 2 aliphatic heterocycles. The van der Waals surface area contributed by atoms with E-state index in [9.17, 15) is 0 Å². The van der Waals surface area contributed by atoms with E-state index in [1.54, 1.807) is 0 Å². The van der Waals surface area contributed by atoms with Gasteiger partial charge in [-0.1, -0.05) is 5.70 Å². The molecule has 2 heterocycles. The molecule has 0 bridgehead atoms. The number of rotatable bonds is 7. The summed E-state index contributed by atoms with van der Waals surface area (Å²) in [5.74, 6) is 0.690. The van der Waals surface area contributed by atoms with Crippen LogP contribution in [0.2, 0.25) is 13.1 Å². The summed E-state index contributed by atoms with van der Waals surface area (Å²) in [5, 5.41) is 0. The van der Waals surface area contributed by atoms with Gasteiger partial charge < -0.3 is 14.2 Å². The van der Waals surface area contributed by atoms with Gasteiger partial charge in [-0.05, 0) is 34.1 Å². The number of nitrogens with zero attached hydrogens (tertiary/aromatic N) is 4. The molecule has 0 amide bonds. The molecule has 0 atom stereocenters. The topological polar surface area (TPSA) is 22.2 Å². The van der Waals surface area contributed by atoms with Crippen LogP contribution in [0.15, 0.2) is 11.4 Å². The Balaban J connectivity index is 1.98. The molecule has 24 heavy (non-hydrogen) atoms. The molecule has 7 heteroatoms. The summed E-state index contributed by atoms with van der Waals surface area (Å²) in [6.07, 6.45) is 0. The quantitative estimate of drug-likeness (QED) is 0.597. The number of likely N-dealkylation sites (N-methyl/N-ethyl adjacent to an activating group) is 2. The van der Waals surface area contributed by atoms with Crippen molar-refractivity contribution in [3.8, 4) is 0 Å². The summed E-state index contributed by atoms with van der Waals surface area (Å²) < 4.78 is 5.96. The zero-order valence-electron chi connectivity index (χ0n) is 16.5. The molecular formula is C17H38N4OSi2. The highest BCUT2D eigenvalue weighted by Crippen LogP contribution is 2.13.